The van der Waals surface area contributed by atoms with Gasteiger partial charge in [-0.3, -0.25) is 9.59 Å². The lowest BCUT2D eigenvalue weighted by Gasteiger charge is -2.32. The lowest BCUT2D eigenvalue weighted by Crippen LogP contribution is -2.47. The van der Waals surface area contributed by atoms with E-state index in [4.69, 9.17) is 4.74 Å². The maximum Gasteiger partial charge on any atom is 0.253 e. The van der Waals surface area contributed by atoms with Crippen LogP contribution in [-0.4, -0.2) is 47.5 Å². The molecule has 0 unspecified atom stereocenters. The van der Waals surface area contributed by atoms with Crippen molar-refractivity contribution >= 4 is 11.8 Å². The van der Waals surface area contributed by atoms with E-state index in [0.717, 1.165) is 41.2 Å². The summed E-state index contributed by atoms with van der Waals surface area (Å²) in [7, 11) is 1.62. The van der Waals surface area contributed by atoms with Gasteiger partial charge in [-0.15, -0.1) is 0 Å². The zero-order valence-electron chi connectivity index (χ0n) is 20.4. The number of aryl methyl sites for hydroxylation is 2. The van der Waals surface area contributed by atoms with Crippen LogP contribution in [-0.2, 0) is 11.2 Å². The van der Waals surface area contributed by atoms with Gasteiger partial charge in [-0.25, -0.2) is 0 Å². The van der Waals surface area contributed by atoms with Crippen molar-refractivity contribution in [2.45, 2.75) is 46.1 Å². The number of hydrogen-bond donors (Lipinski definition) is 1. The summed E-state index contributed by atoms with van der Waals surface area (Å²) in [6.07, 6.45) is 1.83. The Bertz CT molecular complexity index is 1190. The highest BCUT2D eigenvalue weighted by molar-refractivity contribution is 5.96. The van der Waals surface area contributed by atoms with Crippen LogP contribution in [0.15, 0.2) is 54.6 Å². The van der Waals surface area contributed by atoms with Crippen LogP contribution in [0.2, 0.25) is 0 Å². The number of carbonyl (C=O) groups is 2. The van der Waals surface area contributed by atoms with Crippen LogP contribution < -0.4 is 10.1 Å². The largest absolute Gasteiger partial charge is 0.496 e. The van der Waals surface area contributed by atoms with E-state index in [0.29, 0.717) is 25.1 Å². The number of likely N-dealkylation sites (tertiary alicyclic amines) is 1. The van der Waals surface area contributed by atoms with Gasteiger partial charge in [-0.2, -0.15) is 0 Å². The summed E-state index contributed by atoms with van der Waals surface area (Å²) in [5.41, 5.74) is 5.84. The van der Waals surface area contributed by atoms with Crippen molar-refractivity contribution in [2.75, 3.05) is 20.2 Å². The van der Waals surface area contributed by atoms with Gasteiger partial charge in [0.05, 0.1) is 19.1 Å². The van der Waals surface area contributed by atoms with E-state index in [1.54, 1.807) is 7.11 Å². The molecule has 34 heavy (non-hydrogen) atoms. The smallest absolute Gasteiger partial charge is 0.253 e. The Balaban J connectivity index is 1.37. The summed E-state index contributed by atoms with van der Waals surface area (Å²) >= 11 is 0. The summed E-state index contributed by atoms with van der Waals surface area (Å²) in [5, 5.41) is 3.20. The molecule has 4 rings (SSSR count). The second-order valence-electron chi connectivity index (χ2n) is 9.02. The van der Waals surface area contributed by atoms with Crippen LogP contribution in [0.4, 0.5) is 0 Å². The molecule has 0 spiro atoms. The zero-order chi connectivity index (χ0) is 24.2. The molecular formula is C28H33N3O3. The summed E-state index contributed by atoms with van der Waals surface area (Å²) in [4.78, 5) is 27.8. The van der Waals surface area contributed by atoms with Crippen LogP contribution in [0.5, 0.6) is 5.75 Å². The molecule has 0 atom stereocenters. The highest BCUT2D eigenvalue weighted by Crippen LogP contribution is 2.24. The number of ether oxygens (including phenoxy) is 1. The average molecular weight is 460 g/mol. The molecule has 178 valence electrons. The van der Waals surface area contributed by atoms with Crippen LogP contribution in [0.1, 0.15) is 45.7 Å². The molecule has 3 aromatic rings. The number of piperidine rings is 1. The molecule has 0 radical (unpaired) electrons. The third kappa shape index (κ3) is 4.86. The normalized spacial score (nSPS) is 14.2. The minimum absolute atomic E-state index is 0.0493. The van der Waals surface area contributed by atoms with E-state index in [9.17, 15) is 9.59 Å². The lowest BCUT2D eigenvalue weighted by atomic mass is 10.0. The van der Waals surface area contributed by atoms with E-state index < -0.39 is 0 Å². The van der Waals surface area contributed by atoms with Crippen molar-refractivity contribution in [3.8, 4) is 11.4 Å². The topological polar surface area (TPSA) is 63.6 Å². The fourth-order valence-corrected chi connectivity index (χ4v) is 4.84. The van der Waals surface area contributed by atoms with Crippen molar-refractivity contribution in [2.24, 2.45) is 0 Å². The fraction of sp³-hybridized carbons (Fsp3) is 0.357. The highest BCUT2D eigenvalue weighted by Gasteiger charge is 2.26. The Morgan fingerprint density at radius 2 is 1.68 bits per heavy atom. The second-order valence-corrected chi connectivity index (χ2v) is 9.02. The maximum absolute atomic E-state index is 13.1. The monoisotopic (exact) mass is 459 g/mol. The van der Waals surface area contributed by atoms with E-state index >= 15 is 0 Å². The molecule has 0 bridgehead atoms. The van der Waals surface area contributed by atoms with Gasteiger partial charge in [0.15, 0.2) is 0 Å². The van der Waals surface area contributed by atoms with Gasteiger partial charge in [0.2, 0.25) is 5.91 Å². The number of nitrogens with zero attached hydrogens (tertiary/aromatic N) is 2. The Labute approximate surface area is 201 Å². The Morgan fingerprint density at radius 3 is 2.38 bits per heavy atom. The molecule has 6 nitrogen and oxygen atoms in total. The van der Waals surface area contributed by atoms with E-state index in [-0.39, 0.29) is 17.9 Å². The first-order valence-corrected chi connectivity index (χ1v) is 11.8. The molecule has 2 amide bonds. The summed E-state index contributed by atoms with van der Waals surface area (Å²) in [6, 6.07) is 17.8. The number of methoxy groups -OCH3 is 1. The summed E-state index contributed by atoms with van der Waals surface area (Å²) < 4.78 is 7.51. The molecule has 1 fully saturated rings. The van der Waals surface area contributed by atoms with Gasteiger partial charge in [0.25, 0.3) is 5.91 Å². The zero-order valence-corrected chi connectivity index (χ0v) is 20.4. The van der Waals surface area contributed by atoms with Crippen LogP contribution in [0.3, 0.4) is 0 Å². The summed E-state index contributed by atoms with van der Waals surface area (Å²) in [6.45, 7) is 7.38. The highest BCUT2D eigenvalue weighted by atomic mass is 16.5. The van der Waals surface area contributed by atoms with Crippen molar-refractivity contribution in [3.63, 3.8) is 0 Å². The Morgan fingerprint density at radius 1 is 1.00 bits per heavy atom. The number of nitrogens with one attached hydrogen (secondary N) is 1. The van der Waals surface area contributed by atoms with Gasteiger partial charge in [-0.1, -0.05) is 36.4 Å². The minimum Gasteiger partial charge on any atom is -0.496 e. The number of hydrogen-bond acceptors (Lipinski definition) is 3. The first kappa shape index (κ1) is 23.6. The predicted molar refractivity (Wildman–Crippen MR) is 134 cm³/mol. The lowest BCUT2D eigenvalue weighted by molar-refractivity contribution is -0.131. The minimum atomic E-state index is -0.0493. The van der Waals surface area contributed by atoms with Gasteiger partial charge in [0.1, 0.15) is 5.75 Å². The van der Waals surface area contributed by atoms with Crippen molar-refractivity contribution in [3.05, 3.63) is 82.7 Å². The molecule has 1 saturated heterocycles. The van der Waals surface area contributed by atoms with Crippen molar-refractivity contribution in [1.82, 2.24) is 14.8 Å². The van der Waals surface area contributed by atoms with E-state index in [1.807, 2.05) is 61.2 Å². The second kappa shape index (κ2) is 10.2. The first-order chi connectivity index (χ1) is 16.4. The molecule has 1 N–H and O–H groups in total. The standard InChI is InChI=1S/C28H33N3O3/c1-19-9-5-7-11-25(19)31-20(2)17-24(21(31)3)28(33)29-23-13-15-30(16-14-23)27(32)18-22-10-6-8-12-26(22)34-4/h5-12,17,23H,13-16,18H2,1-4H3,(H,29,33). The SMILES string of the molecule is COc1ccccc1CC(=O)N1CCC(NC(=O)c2cc(C)n(-c3ccccc3C)c2C)CC1. The van der Waals surface area contributed by atoms with Crippen LogP contribution in [0, 0.1) is 20.8 Å². The molecule has 0 saturated carbocycles. The van der Waals surface area contributed by atoms with Crippen LogP contribution >= 0.6 is 0 Å². The third-order valence-electron chi connectivity index (χ3n) is 6.75. The molecule has 1 aromatic heterocycles. The van der Waals surface area contributed by atoms with Crippen molar-refractivity contribution < 1.29 is 14.3 Å². The molecule has 2 aromatic carbocycles. The Hall–Kier alpha value is -3.54. The molecule has 6 heteroatoms. The van der Waals surface area contributed by atoms with Crippen molar-refractivity contribution in [1.29, 1.82) is 0 Å². The number of para-hydroxylation sites is 2. The molecule has 2 heterocycles. The quantitative estimate of drug-likeness (QED) is 0.595. The maximum atomic E-state index is 13.1. The van der Waals surface area contributed by atoms with Crippen LogP contribution in [0.25, 0.3) is 5.69 Å². The molecular weight excluding hydrogens is 426 g/mol. The number of aromatic nitrogens is 1. The number of benzene rings is 2. The third-order valence-corrected chi connectivity index (χ3v) is 6.75. The Kier molecular flexibility index (Phi) is 7.06. The summed E-state index contributed by atoms with van der Waals surface area (Å²) in [5.74, 6) is 0.782. The first-order valence-electron chi connectivity index (χ1n) is 11.8. The van der Waals surface area contributed by atoms with Gasteiger partial charge in [0, 0.05) is 41.8 Å². The van der Waals surface area contributed by atoms with Gasteiger partial charge < -0.3 is 19.5 Å². The van der Waals surface area contributed by atoms with Gasteiger partial charge >= 0.3 is 0 Å². The molecule has 0 aliphatic carbocycles. The molecule has 1 aliphatic rings. The number of carbonyl (C=O) groups excluding carboxylic acids is 2. The predicted octanol–water partition coefficient (Wildman–Crippen LogP) is 4.37. The van der Waals surface area contributed by atoms with E-state index in [2.05, 4.69) is 28.9 Å². The van der Waals surface area contributed by atoms with E-state index in [1.165, 1.54) is 5.56 Å². The fourth-order valence-electron chi connectivity index (χ4n) is 4.84. The number of rotatable bonds is 6. The number of amides is 2. The van der Waals surface area contributed by atoms with Gasteiger partial charge in [-0.05, 0) is 57.4 Å². The average Bonchev–Trinajstić information content (AvgIpc) is 3.14. The molecule has 1 aliphatic heterocycles.